The van der Waals surface area contributed by atoms with Crippen molar-refractivity contribution in [2.75, 3.05) is 13.7 Å². The van der Waals surface area contributed by atoms with Gasteiger partial charge in [0.2, 0.25) is 0 Å². The Bertz CT molecular complexity index is 360. The van der Waals surface area contributed by atoms with Crippen LogP contribution < -0.4 is 5.32 Å². The molecule has 0 fully saturated rings. The SMILES string of the molecule is COC(=O)C(I)CNCc1cccc(Br)c1. The van der Waals surface area contributed by atoms with Gasteiger partial charge in [-0.3, -0.25) is 4.79 Å². The van der Waals surface area contributed by atoms with E-state index in [1.165, 1.54) is 12.7 Å². The summed E-state index contributed by atoms with van der Waals surface area (Å²) in [6, 6.07) is 8.06. The number of carbonyl (C=O) groups is 1. The predicted molar refractivity (Wildman–Crippen MR) is 75.7 cm³/mol. The number of ether oxygens (including phenoxy) is 1. The lowest BCUT2D eigenvalue weighted by molar-refractivity contribution is -0.139. The van der Waals surface area contributed by atoms with Crippen LogP contribution in [0.2, 0.25) is 0 Å². The van der Waals surface area contributed by atoms with Crippen LogP contribution in [-0.2, 0) is 16.1 Å². The van der Waals surface area contributed by atoms with E-state index in [2.05, 4.69) is 48.6 Å². The highest BCUT2D eigenvalue weighted by Crippen LogP contribution is 2.11. The second-order valence-corrected chi connectivity index (χ2v) is 5.67. The number of nitrogens with one attached hydrogen (secondary N) is 1. The van der Waals surface area contributed by atoms with Gasteiger partial charge in [0.1, 0.15) is 3.92 Å². The molecule has 1 rings (SSSR count). The van der Waals surface area contributed by atoms with Crippen molar-refractivity contribution >= 4 is 44.5 Å². The molecule has 0 spiro atoms. The molecule has 0 aliphatic rings. The molecule has 5 heteroatoms. The van der Waals surface area contributed by atoms with Gasteiger partial charge in [-0.05, 0) is 17.7 Å². The summed E-state index contributed by atoms with van der Waals surface area (Å²) in [6.45, 7) is 1.36. The highest BCUT2D eigenvalue weighted by molar-refractivity contribution is 14.1. The van der Waals surface area contributed by atoms with Crippen LogP contribution in [0, 0.1) is 0 Å². The molecule has 0 saturated carbocycles. The van der Waals surface area contributed by atoms with E-state index < -0.39 is 0 Å². The minimum atomic E-state index is -0.192. The molecule has 0 aliphatic heterocycles. The van der Waals surface area contributed by atoms with E-state index >= 15 is 0 Å². The molecule has 88 valence electrons. The summed E-state index contributed by atoms with van der Waals surface area (Å²) in [5.74, 6) is -0.192. The molecule has 0 saturated heterocycles. The van der Waals surface area contributed by atoms with E-state index in [1.54, 1.807) is 0 Å². The van der Waals surface area contributed by atoms with Gasteiger partial charge >= 0.3 is 5.97 Å². The molecule has 0 bridgehead atoms. The molecule has 1 aromatic carbocycles. The van der Waals surface area contributed by atoms with Gasteiger partial charge in [0.15, 0.2) is 0 Å². The molecule has 0 aliphatic carbocycles. The molecular weight excluding hydrogens is 385 g/mol. The van der Waals surface area contributed by atoms with Gasteiger partial charge in [-0.25, -0.2) is 0 Å². The first-order valence-corrected chi connectivity index (χ1v) is 6.84. The Balaban J connectivity index is 2.33. The van der Waals surface area contributed by atoms with Gasteiger partial charge in [-0.1, -0.05) is 50.7 Å². The lowest BCUT2D eigenvalue weighted by Gasteiger charge is -2.09. The highest BCUT2D eigenvalue weighted by Gasteiger charge is 2.13. The van der Waals surface area contributed by atoms with E-state index in [0.29, 0.717) is 6.54 Å². The predicted octanol–water partition coefficient (Wildman–Crippen LogP) is 2.52. The smallest absolute Gasteiger partial charge is 0.319 e. The maximum atomic E-state index is 11.1. The molecule has 1 atom stereocenters. The van der Waals surface area contributed by atoms with Crippen molar-refractivity contribution in [2.24, 2.45) is 0 Å². The first-order chi connectivity index (χ1) is 7.63. The standard InChI is InChI=1S/C11H13BrINO2/c1-16-11(15)10(13)7-14-6-8-3-2-4-9(12)5-8/h2-5,10,14H,6-7H2,1H3. The van der Waals surface area contributed by atoms with Crippen molar-refractivity contribution in [3.63, 3.8) is 0 Å². The van der Waals surface area contributed by atoms with Crippen molar-refractivity contribution in [3.8, 4) is 0 Å². The van der Waals surface area contributed by atoms with Gasteiger partial charge in [0, 0.05) is 17.6 Å². The topological polar surface area (TPSA) is 38.3 Å². The van der Waals surface area contributed by atoms with Crippen LogP contribution in [0.15, 0.2) is 28.7 Å². The highest BCUT2D eigenvalue weighted by atomic mass is 127. The maximum absolute atomic E-state index is 11.1. The summed E-state index contributed by atoms with van der Waals surface area (Å²) in [5, 5.41) is 3.21. The van der Waals surface area contributed by atoms with Crippen molar-refractivity contribution in [1.29, 1.82) is 0 Å². The third kappa shape index (κ3) is 4.80. The Hall–Kier alpha value is -0.140. The van der Waals surface area contributed by atoms with Gasteiger partial charge in [-0.15, -0.1) is 0 Å². The average molecular weight is 398 g/mol. The van der Waals surface area contributed by atoms with Crippen LogP contribution in [-0.4, -0.2) is 23.5 Å². The third-order valence-electron chi connectivity index (χ3n) is 2.00. The summed E-state index contributed by atoms with van der Waals surface area (Å²) in [4.78, 5) is 11.1. The number of methoxy groups -OCH3 is 1. The van der Waals surface area contributed by atoms with Crippen molar-refractivity contribution in [3.05, 3.63) is 34.3 Å². The Labute approximate surface area is 117 Å². The molecule has 1 N–H and O–H groups in total. The van der Waals surface area contributed by atoms with E-state index in [0.717, 1.165) is 11.0 Å². The monoisotopic (exact) mass is 397 g/mol. The quantitative estimate of drug-likeness (QED) is 0.471. The fraction of sp³-hybridized carbons (Fsp3) is 0.364. The van der Waals surface area contributed by atoms with Crippen LogP contribution in [0.4, 0.5) is 0 Å². The van der Waals surface area contributed by atoms with Crippen molar-refractivity contribution in [1.82, 2.24) is 5.32 Å². The molecule has 16 heavy (non-hydrogen) atoms. The summed E-state index contributed by atoms with van der Waals surface area (Å²) in [5.41, 5.74) is 1.18. The summed E-state index contributed by atoms with van der Waals surface area (Å²) in [7, 11) is 1.41. The number of halogens is 2. The lowest BCUT2D eigenvalue weighted by Crippen LogP contribution is -2.29. The minimum Gasteiger partial charge on any atom is -0.468 e. The fourth-order valence-corrected chi connectivity index (χ4v) is 2.21. The molecule has 0 heterocycles. The summed E-state index contributed by atoms with van der Waals surface area (Å²) in [6.07, 6.45) is 0. The Morgan fingerprint density at radius 3 is 3.00 bits per heavy atom. The van der Waals surface area contributed by atoms with Crippen molar-refractivity contribution in [2.45, 2.75) is 10.5 Å². The lowest BCUT2D eigenvalue weighted by atomic mass is 10.2. The van der Waals surface area contributed by atoms with Gasteiger partial charge < -0.3 is 10.1 Å². The number of hydrogen-bond acceptors (Lipinski definition) is 3. The van der Waals surface area contributed by atoms with Crippen LogP contribution in [0.3, 0.4) is 0 Å². The van der Waals surface area contributed by atoms with Gasteiger partial charge in [0.25, 0.3) is 0 Å². The van der Waals surface area contributed by atoms with E-state index in [4.69, 9.17) is 0 Å². The third-order valence-corrected chi connectivity index (χ3v) is 3.44. The second-order valence-electron chi connectivity index (χ2n) is 3.25. The van der Waals surface area contributed by atoms with E-state index in [9.17, 15) is 4.79 Å². The fourth-order valence-electron chi connectivity index (χ4n) is 1.20. The van der Waals surface area contributed by atoms with Gasteiger partial charge in [-0.2, -0.15) is 0 Å². The Morgan fingerprint density at radius 1 is 1.62 bits per heavy atom. The maximum Gasteiger partial charge on any atom is 0.319 e. The molecule has 0 radical (unpaired) electrons. The molecule has 3 nitrogen and oxygen atoms in total. The van der Waals surface area contributed by atoms with E-state index in [1.807, 2.05) is 24.3 Å². The number of hydrogen-bond donors (Lipinski definition) is 1. The first kappa shape index (κ1) is 13.9. The summed E-state index contributed by atoms with van der Waals surface area (Å²) >= 11 is 5.48. The van der Waals surface area contributed by atoms with Crippen LogP contribution >= 0.6 is 38.5 Å². The van der Waals surface area contributed by atoms with Gasteiger partial charge in [0.05, 0.1) is 7.11 Å². The zero-order chi connectivity index (χ0) is 12.0. The molecular formula is C11H13BrINO2. The minimum absolute atomic E-state index is 0.144. The van der Waals surface area contributed by atoms with Crippen molar-refractivity contribution < 1.29 is 9.53 Å². The molecule has 1 aromatic rings. The normalized spacial score (nSPS) is 12.2. The number of benzene rings is 1. The second kappa shape index (κ2) is 7.24. The Kier molecular flexibility index (Phi) is 6.30. The summed E-state index contributed by atoms with van der Waals surface area (Å²) < 4.78 is 5.56. The number of rotatable bonds is 5. The zero-order valence-corrected chi connectivity index (χ0v) is 12.6. The molecule has 1 unspecified atom stereocenters. The largest absolute Gasteiger partial charge is 0.468 e. The number of alkyl halides is 1. The molecule has 0 aromatic heterocycles. The van der Waals surface area contributed by atoms with E-state index in [-0.39, 0.29) is 9.89 Å². The number of carbonyl (C=O) groups excluding carboxylic acids is 1. The average Bonchev–Trinajstić information content (AvgIpc) is 2.28. The van der Waals surface area contributed by atoms with Crippen LogP contribution in [0.25, 0.3) is 0 Å². The number of esters is 1. The van der Waals surface area contributed by atoms with Crippen LogP contribution in [0.5, 0.6) is 0 Å². The van der Waals surface area contributed by atoms with Crippen LogP contribution in [0.1, 0.15) is 5.56 Å². The zero-order valence-electron chi connectivity index (χ0n) is 8.87. The first-order valence-electron chi connectivity index (χ1n) is 4.80. The Morgan fingerprint density at radius 2 is 2.38 bits per heavy atom. The molecule has 0 amide bonds.